The summed E-state index contributed by atoms with van der Waals surface area (Å²) in [5.74, 6) is 0.910. The number of amidine groups is 1. The van der Waals surface area contributed by atoms with Crippen LogP contribution in [0.1, 0.15) is 12.5 Å². The number of aromatic nitrogens is 1. The molecular formula is C10H13N3S. The van der Waals surface area contributed by atoms with Crippen molar-refractivity contribution in [3.63, 3.8) is 0 Å². The summed E-state index contributed by atoms with van der Waals surface area (Å²) in [6.45, 7) is 5.12. The van der Waals surface area contributed by atoms with Crippen LogP contribution < -0.4 is 5.32 Å². The van der Waals surface area contributed by atoms with Crippen molar-refractivity contribution < 1.29 is 0 Å². The third-order valence-corrected chi connectivity index (χ3v) is 3.05. The van der Waals surface area contributed by atoms with Crippen LogP contribution in [0.3, 0.4) is 0 Å². The van der Waals surface area contributed by atoms with E-state index in [0.717, 1.165) is 23.1 Å². The second-order valence-corrected chi connectivity index (χ2v) is 4.80. The zero-order chi connectivity index (χ0) is 9.97. The van der Waals surface area contributed by atoms with Crippen molar-refractivity contribution in [3.8, 4) is 0 Å². The van der Waals surface area contributed by atoms with E-state index in [2.05, 4.69) is 22.2 Å². The highest BCUT2D eigenvalue weighted by Gasteiger charge is 2.15. The van der Waals surface area contributed by atoms with Gasteiger partial charge in [-0.3, -0.25) is 4.99 Å². The van der Waals surface area contributed by atoms with E-state index in [0.29, 0.717) is 5.25 Å². The zero-order valence-corrected chi connectivity index (χ0v) is 9.14. The molecule has 3 nitrogen and oxygen atoms in total. The van der Waals surface area contributed by atoms with Gasteiger partial charge in [0.05, 0.1) is 6.54 Å². The molecule has 1 aliphatic heterocycles. The van der Waals surface area contributed by atoms with Gasteiger partial charge in [-0.2, -0.15) is 0 Å². The number of nitrogens with one attached hydrogen (secondary N) is 1. The molecule has 1 aliphatic rings. The first-order chi connectivity index (χ1) is 6.75. The number of aliphatic imine (C=N–C) groups is 1. The van der Waals surface area contributed by atoms with Crippen LogP contribution in [0.4, 0.5) is 5.82 Å². The summed E-state index contributed by atoms with van der Waals surface area (Å²) in [7, 11) is 0. The lowest BCUT2D eigenvalue weighted by atomic mass is 10.3. The van der Waals surface area contributed by atoms with Crippen LogP contribution in [0.25, 0.3) is 0 Å². The Morgan fingerprint density at radius 1 is 1.57 bits per heavy atom. The Kier molecular flexibility index (Phi) is 2.72. The van der Waals surface area contributed by atoms with Gasteiger partial charge in [-0.25, -0.2) is 4.98 Å². The van der Waals surface area contributed by atoms with E-state index in [1.54, 1.807) is 18.0 Å². The molecule has 0 saturated heterocycles. The Morgan fingerprint density at radius 2 is 2.43 bits per heavy atom. The molecule has 0 spiro atoms. The van der Waals surface area contributed by atoms with Gasteiger partial charge in [-0.15, -0.1) is 0 Å². The standard InChI is InChI=1S/C10H13N3S/c1-7-4-3-5-11-9(7)13-10-12-6-8(2)14-10/h3-5,8H,6H2,1-2H3,(H,11,12,13)/t8-/m1/s1. The van der Waals surface area contributed by atoms with E-state index in [-0.39, 0.29) is 0 Å². The average Bonchev–Trinajstić information content (AvgIpc) is 2.56. The molecule has 0 saturated carbocycles. The Labute approximate surface area is 88.0 Å². The van der Waals surface area contributed by atoms with Crippen molar-refractivity contribution in [1.29, 1.82) is 0 Å². The lowest BCUT2D eigenvalue weighted by Gasteiger charge is -2.06. The highest BCUT2D eigenvalue weighted by molar-refractivity contribution is 8.15. The number of anilines is 1. The number of aryl methyl sites for hydroxylation is 1. The highest BCUT2D eigenvalue weighted by Crippen LogP contribution is 2.22. The SMILES string of the molecule is Cc1cccnc1NC1=NC[C@@H](C)S1. The molecule has 2 heterocycles. The van der Waals surface area contributed by atoms with Gasteiger partial charge in [0.2, 0.25) is 0 Å². The number of hydrogen-bond donors (Lipinski definition) is 1. The number of nitrogens with zero attached hydrogens (tertiary/aromatic N) is 2. The van der Waals surface area contributed by atoms with Crippen molar-refractivity contribution in [2.45, 2.75) is 19.1 Å². The molecule has 0 fully saturated rings. The van der Waals surface area contributed by atoms with E-state index in [1.807, 2.05) is 19.1 Å². The number of hydrogen-bond acceptors (Lipinski definition) is 4. The minimum atomic E-state index is 0.585. The van der Waals surface area contributed by atoms with Crippen LogP contribution in [0, 0.1) is 6.92 Å². The maximum absolute atomic E-state index is 4.38. The van der Waals surface area contributed by atoms with E-state index in [9.17, 15) is 0 Å². The summed E-state index contributed by atoms with van der Waals surface area (Å²) in [6, 6.07) is 3.98. The Morgan fingerprint density at radius 3 is 3.07 bits per heavy atom. The van der Waals surface area contributed by atoms with Crippen LogP contribution in [-0.4, -0.2) is 21.9 Å². The molecule has 1 atom stereocenters. The van der Waals surface area contributed by atoms with Crippen molar-refractivity contribution >= 4 is 22.7 Å². The normalized spacial score (nSPS) is 20.7. The van der Waals surface area contributed by atoms with Gasteiger partial charge >= 0.3 is 0 Å². The predicted molar refractivity (Wildman–Crippen MR) is 62.0 cm³/mol. The number of thioether (sulfide) groups is 1. The third kappa shape index (κ3) is 2.07. The van der Waals surface area contributed by atoms with E-state index in [4.69, 9.17) is 0 Å². The molecule has 14 heavy (non-hydrogen) atoms. The van der Waals surface area contributed by atoms with Gasteiger partial charge in [-0.05, 0) is 18.6 Å². The molecule has 1 aromatic rings. The van der Waals surface area contributed by atoms with Crippen molar-refractivity contribution in [1.82, 2.24) is 4.98 Å². The summed E-state index contributed by atoms with van der Waals surface area (Å²) < 4.78 is 0. The molecule has 0 aliphatic carbocycles. The van der Waals surface area contributed by atoms with Gasteiger partial charge in [-0.1, -0.05) is 24.8 Å². The van der Waals surface area contributed by atoms with Crippen LogP contribution >= 0.6 is 11.8 Å². The molecule has 1 aromatic heterocycles. The molecule has 1 N–H and O–H groups in total. The zero-order valence-electron chi connectivity index (χ0n) is 8.32. The Balaban J connectivity index is 2.08. The quantitative estimate of drug-likeness (QED) is 0.767. The first kappa shape index (κ1) is 9.52. The molecule has 0 radical (unpaired) electrons. The van der Waals surface area contributed by atoms with Crippen LogP contribution in [0.5, 0.6) is 0 Å². The average molecular weight is 207 g/mol. The lowest BCUT2D eigenvalue weighted by Crippen LogP contribution is -2.08. The monoisotopic (exact) mass is 207 g/mol. The van der Waals surface area contributed by atoms with E-state index < -0.39 is 0 Å². The van der Waals surface area contributed by atoms with Gasteiger partial charge in [0.15, 0.2) is 5.17 Å². The van der Waals surface area contributed by atoms with E-state index >= 15 is 0 Å². The van der Waals surface area contributed by atoms with Gasteiger partial charge in [0, 0.05) is 11.4 Å². The molecule has 4 heteroatoms. The molecule has 0 amide bonds. The largest absolute Gasteiger partial charge is 0.319 e. The minimum absolute atomic E-state index is 0.585. The summed E-state index contributed by atoms with van der Waals surface area (Å²) >= 11 is 1.77. The van der Waals surface area contributed by atoms with Crippen molar-refractivity contribution in [2.24, 2.45) is 4.99 Å². The lowest BCUT2D eigenvalue weighted by molar-refractivity contribution is 0.976. The smallest absolute Gasteiger partial charge is 0.162 e. The molecule has 74 valence electrons. The van der Waals surface area contributed by atoms with Crippen molar-refractivity contribution in [2.75, 3.05) is 11.9 Å². The molecule has 0 bridgehead atoms. The summed E-state index contributed by atoms with van der Waals surface area (Å²) in [5.41, 5.74) is 1.15. The molecule has 0 unspecified atom stereocenters. The second kappa shape index (κ2) is 4.00. The van der Waals surface area contributed by atoms with E-state index in [1.165, 1.54) is 0 Å². The number of pyridine rings is 1. The second-order valence-electron chi connectivity index (χ2n) is 3.37. The Hall–Kier alpha value is -1.03. The first-order valence-electron chi connectivity index (χ1n) is 4.65. The molecule has 2 rings (SSSR count). The fourth-order valence-corrected chi connectivity index (χ4v) is 2.10. The number of rotatable bonds is 1. The van der Waals surface area contributed by atoms with Gasteiger partial charge < -0.3 is 5.32 Å². The minimum Gasteiger partial charge on any atom is -0.319 e. The van der Waals surface area contributed by atoms with Gasteiger partial charge in [0.25, 0.3) is 0 Å². The van der Waals surface area contributed by atoms with Crippen LogP contribution in [0.2, 0.25) is 0 Å². The summed E-state index contributed by atoms with van der Waals surface area (Å²) in [6.07, 6.45) is 1.79. The van der Waals surface area contributed by atoms with Crippen LogP contribution in [0.15, 0.2) is 23.3 Å². The Bertz CT molecular complexity index is 362. The predicted octanol–water partition coefficient (Wildman–Crippen LogP) is 2.29. The molecular weight excluding hydrogens is 194 g/mol. The maximum atomic E-state index is 4.38. The maximum Gasteiger partial charge on any atom is 0.162 e. The third-order valence-electron chi connectivity index (χ3n) is 2.04. The fourth-order valence-electron chi connectivity index (χ4n) is 1.26. The topological polar surface area (TPSA) is 37.3 Å². The first-order valence-corrected chi connectivity index (χ1v) is 5.53. The highest BCUT2D eigenvalue weighted by atomic mass is 32.2. The van der Waals surface area contributed by atoms with Crippen molar-refractivity contribution in [3.05, 3.63) is 23.9 Å². The summed E-state index contributed by atoms with van der Waals surface area (Å²) in [5, 5.41) is 4.81. The van der Waals surface area contributed by atoms with Crippen LogP contribution in [-0.2, 0) is 0 Å². The van der Waals surface area contributed by atoms with Gasteiger partial charge in [0.1, 0.15) is 5.82 Å². The summed E-state index contributed by atoms with van der Waals surface area (Å²) in [4.78, 5) is 8.64. The fraction of sp³-hybridized carbons (Fsp3) is 0.400. The molecule has 0 aromatic carbocycles.